The van der Waals surface area contributed by atoms with E-state index in [0.717, 1.165) is 0 Å². The minimum Gasteiger partial charge on any atom is -0.507 e. The maximum absolute atomic E-state index is 13.1. The fourth-order valence-electron chi connectivity index (χ4n) is 4.07. The standard InChI is InChI=1S/C30H26N2O6S/c31-18-20-10-12-21(13-11-20)32-30(35)38-29(25-14-15-26(33)24-9-5-4-8-23(24)25)27(16-17-36-28(34)19-39)37-22-6-2-1-3-7-22/h1-15,27,29,33,39H,16-17,19H2,(H,32,35)/t27-,29-/m1/s1. The van der Waals surface area contributed by atoms with Gasteiger partial charge in [-0.1, -0.05) is 48.5 Å². The molecular formula is C30H26N2O6S. The molecule has 0 aliphatic heterocycles. The molecule has 0 aliphatic rings. The fraction of sp³-hybridized carbons (Fsp3) is 0.167. The van der Waals surface area contributed by atoms with Crippen LogP contribution in [0.15, 0.2) is 91.0 Å². The minimum absolute atomic E-state index is 0.00398. The summed E-state index contributed by atoms with van der Waals surface area (Å²) < 4.78 is 17.5. The van der Waals surface area contributed by atoms with Crippen molar-refractivity contribution < 1.29 is 28.9 Å². The number of phenolic OH excluding ortho intramolecular Hbond substituents is 1. The Hall–Kier alpha value is -4.68. The van der Waals surface area contributed by atoms with Crippen LogP contribution in [0, 0.1) is 11.3 Å². The van der Waals surface area contributed by atoms with Gasteiger partial charge in [0.25, 0.3) is 0 Å². The summed E-state index contributed by atoms with van der Waals surface area (Å²) >= 11 is 3.95. The summed E-state index contributed by atoms with van der Waals surface area (Å²) in [4.78, 5) is 24.9. The zero-order chi connectivity index (χ0) is 27.6. The van der Waals surface area contributed by atoms with Crippen LogP contribution in [0.3, 0.4) is 0 Å². The number of aromatic hydroxyl groups is 1. The molecule has 0 saturated heterocycles. The number of para-hydroxylation sites is 1. The molecular weight excluding hydrogens is 516 g/mol. The molecule has 39 heavy (non-hydrogen) atoms. The average Bonchev–Trinajstić information content (AvgIpc) is 2.97. The molecule has 0 aromatic heterocycles. The molecule has 2 N–H and O–H groups in total. The number of carbonyl (C=O) groups is 2. The van der Waals surface area contributed by atoms with Crippen LogP contribution in [0.2, 0.25) is 0 Å². The van der Waals surface area contributed by atoms with E-state index >= 15 is 0 Å². The van der Waals surface area contributed by atoms with Crippen LogP contribution < -0.4 is 10.1 Å². The van der Waals surface area contributed by atoms with Crippen LogP contribution in [-0.2, 0) is 14.3 Å². The summed E-state index contributed by atoms with van der Waals surface area (Å²) in [7, 11) is 0. The Morgan fingerprint density at radius 2 is 1.62 bits per heavy atom. The second-order valence-electron chi connectivity index (χ2n) is 8.50. The lowest BCUT2D eigenvalue weighted by atomic mass is 9.95. The zero-order valence-electron chi connectivity index (χ0n) is 20.8. The molecule has 0 radical (unpaired) electrons. The Morgan fingerprint density at radius 1 is 0.923 bits per heavy atom. The third kappa shape index (κ3) is 7.21. The van der Waals surface area contributed by atoms with Gasteiger partial charge in [-0.2, -0.15) is 17.9 Å². The van der Waals surface area contributed by atoms with Crippen molar-refractivity contribution >= 4 is 41.2 Å². The number of nitriles is 1. The Balaban J connectivity index is 1.71. The van der Waals surface area contributed by atoms with E-state index in [1.165, 1.54) is 6.07 Å². The Labute approximate surface area is 231 Å². The van der Waals surface area contributed by atoms with E-state index in [0.29, 0.717) is 33.3 Å². The third-order valence-electron chi connectivity index (χ3n) is 5.90. The lowest BCUT2D eigenvalue weighted by Crippen LogP contribution is -2.32. The van der Waals surface area contributed by atoms with Gasteiger partial charge in [0.15, 0.2) is 6.10 Å². The number of rotatable bonds is 10. The summed E-state index contributed by atoms with van der Waals surface area (Å²) in [6.07, 6.45) is -2.31. The van der Waals surface area contributed by atoms with Crippen LogP contribution in [-0.4, -0.2) is 35.6 Å². The van der Waals surface area contributed by atoms with Gasteiger partial charge in [0, 0.05) is 23.1 Å². The first-order valence-corrected chi connectivity index (χ1v) is 12.8. The van der Waals surface area contributed by atoms with Gasteiger partial charge in [-0.15, -0.1) is 0 Å². The van der Waals surface area contributed by atoms with E-state index in [9.17, 15) is 14.7 Å². The van der Waals surface area contributed by atoms with E-state index in [1.54, 1.807) is 54.6 Å². The van der Waals surface area contributed by atoms with Gasteiger partial charge < -0.3 is 19.3 Å². The molecule has 0 spiro atoms. The lowest BCUT2D eigenvalue weighted by Gasteiger charge is -2.29. The highest BCUT2D eigenvalue weighted by molar-refractivity contribution is 7.81. The van der Waals surface area contributed by atoms with Crippen molar-refractivity contribution in [2.75, 3.05) is 17.7 Å². The minimum atomic E-state index is -0.969. The molecule has 0 heterocycles. The van der Waals surface area contributed by atoms with Gasteiger partial charge in [0.05, 0.1) is 24.0 Å². The first kappa shape index (κ1) is 27.4. The third-order valence-corrected chi connectivity index (χ3v) is 6.16. The number of anilines is 1. The van der Waals surface area contributed by atoms with Crippen molar-refractivity contribution in [2.45, 2.75) is 18.6 Å². The van der Waals surface area contributed by atoms with Crippen LogP contribution in [0.25, 0.3) is 10.8 Å². The van der Waals surface area contributed by atoms with Crippen LogP contribution in [0.1, 0.15) is 23.7 Å². The molecule has 1 amide bonds. The van der Waals surface area contributed by atoms with E-state index < -0.39 is 24.3 Å². The zero-order valence-corrected chi connectivity index (χ0v) is 21.7. The summed E-state index contributed by atoms with van der Waals surface area (Å²) in [6.45, 7) is 0.00398. The number of nitrogens with one attached hydrogen (secondary N) is 1. The van der Waals surface area contributed by atoms with Crippen molar-refractivity contribution in [1.29, 1.82) is 5.26 Å². The summed E-state index contributed by atoms with van der Waals surface area (Å²) in [5, 5.41) is 23.4. The molecule has 9 heteroatoms. The number of benzene rings is 4. The average molecular weight is 543 g/mol. The molecule has 4 rings (SSSR count). The first-order valence-electron chi connectivity index (χ1n) is 12.1. The highest BCUT2D eigenvalue weighted by Crippen LogP contribution is 2.36. The maximum Gasteiger partial charge on any atom is 0.412 e. The van der Waals surface area contributed by atoms with Crippen molar-refractivity contribution in [3.8, 4) is 17.6 Å². The van der Waals surface area contributed by atoms with E-state index in [1.807, 2.05) is 36.4 Å². The molecule has 2 atom stereocenters. The largest absolute Gasteiger partial charge is 0.507 e. The van der Waals surface area contributed by atoms with Gasteiger partial charge in [0.1, 0.15) is 17.6 Å². The second-order valence-corrected chi connectivity index (χ2v) is 8.81. The summed E-state index contributed by atoms with van der Waals surface area (Å²) in [5.41, 5.74) is 1.49. The van der Waals surface area contributed by atoms with Crippen molar-refractivity contribution in [3.63, 3.8) is 0 Å². The van der Waals surface area contributed by atoms with Crippen molar-refractivity contribution in [2.24, 2.45) is 0 Å². The number of hydrogen-bond acceptors (Lipinski definition) is 8. The van der Waals surface area contributed by atoms with E-state index in [2.05, 4.69) is 17.9 Å². The molecule has 4 aromatic rings. The number of carbonyl (C=O) groups excluding carboxylic acids is 2. The van der Waals surface area contributed by atoms with Crippen molar-refractivity contribution in [1.82, 2.24) is 0 Å². The highest BCUT2D eigenvalue weighted by atomic mass is 32.1. The smallest absolute Gasteiger partial charge is 0.412 e. The van der Waals surface area contributed by atoms with Crippen LogP contribution >= 0.6 is 12.6 Å². The molecule has 0 fully saturated rings. The predicted octanol–water partition coefficient (Wildman–Crippen LogP) is 6.02. The Kier molecular flexibility index (Phi) is 9.27. The fourth-order valence-corrected chi connectivity index (χ4v) is 4.16. The molecule has 8 nitrogen and oxygen atoms in total. The number of thiol groups is 1. The Bertz CT molecular complexity index is 1470. The number of esters is 1. The lowest BCUT2D eigenvalue weighted by molar-refractivity contribution is -0.141. The normalized spacial score (nSPS) is 12.1. The number of ether oxygens (including phenoxy) is 3. The number of amides is 1. The molecule has 198 valence electrons. The predicted molar refractivity (Wildman–Crippen MR) is 150 cm³/mol. The monoisotopic (exact) mass is 542 g/mol. The highest BCUT2D eigenvalue weighted by Gasteiger charge is 2.31. The van der Waals surface area contributed by atoms with Gasteiger partial charge >= 0.3 is 12.1 Å². The molecule has 4 aromatic carbocycles. The SMILES string of the molecule is N#Cc1ccc(NC(=O)O[C@H](c2ccc(O)c3ccccc23)[C@@H](CCOC(=O)CS)Oc2ccccc2)cc1. The molecule has 0 saturated carbocycles. The number of nitrogens with zero attached hydrogens (tertiary/aromatic N) is 1. The first-order chi connectivity index (χ1) is 19.0. The Morgan fingerprint density at radius 3 is 2.31 bits per heavy atom. The molecule has 0 unspecified atom stereocenters. The summed E-state index contributed by atoms with van der Waals surface area (Å²) in [6, 6.07) is 27.8. The quantitative estimate of drug-likeness (QED) is 0.166. The number of hydrogen-bond donors (Lipinski definition) is 3. The van der Waals surface area contributed by atoms with Crippen molar-refractivity contribution in [3.05, 3.63) is 102 Å². The van der Waals surface area contributed by atoms with Gasteiger partial charge in [-0.25, -0.2) is 4.79 Å². The molecule has 0 bridgehead atoms. The van der Waals surface area contributed by atoms with Gasteiger partial charge in [-0.3, -0.25) is 10.1 Å². The second kappa shape index (κ2) is 13.2. The maximum atomic E-state index is 13.1. The summed E-state index contributed by atoms with van der Waals surface area (Å²) in [5.74, 6) is 0.0631. The number of phenols is 1. The number of fused-ring (bicyclic) bond motifs is 1. The van der Waals surface area contributed by atoms with Crippen LogP contribution in [0.4, 0.5) is 10.5 Å². The van der Waals surface area contributed by atoms with E-state index in [-0.39, 0.29) is 24.5 Å². The van der Waals surface area contributed by atoms with Crippen LogP contribution in [0.5, 0.6) is 11.5 Å². The van der Waals surface area contributed by atoms with Gasteiger partial charge in [0.2, 0.25) is 0 Å². The topological polar surface area (TPSA) is 118 Å². The molecule has 0 aliphatic carbocycles. The van der Waals surface area contributed by atoms with Gasteiger partial charge in [-0.05, 0) is 47.9 Å². The van der Waals surface area contributed by atoms with E-state index in [4.69, 9.17) is 19.5 Å².